The highest BCUT2D eigenvalue weighted by atomic mass is 32.2. The Morgan fingerprint density at radius 1 is 0.952 bits per heavy atom. The molecule has 2 rings (SSSR count). The summed E-state index contributed by atoms with van der Waals surface area (Å²) in [6.07, 6.45) is 0. The topological polar surface area (TPSA) is 72.2 Å². The number of rotatable bonds is 4. The van der Waals surface area contributed by atoms with Crippen LogP contribution in [0.25, 0.3) is 0 Å². The van der Waals surface area contributed by atoms with Crippen LogP contribution in [-0.2, 0) is 16.6 Å². The van der Waals surface area contributed by atoms with Crippen molar-refractivity contribution < 1.29 is 21.6 Å². The van der Waals surface area contributed by atoms with E-state index in [1.165, 1.54) is 6.07 Å². The Balaban J connectivity index is 2.17. The monoisotopic (exact) mass is 316 g/mol. The fraction of sp³-hybridized carbons (Fsp3) is 0.0769. The van der Waals surface area contributed by atoms with E-state index in [1.807, 2.05) is 0 Å². The van der Waals surface area contributed by atoms with E-state index in [-0.39, 0.29) is 22.7 Å². The van der Waals surface area contributed by atoms with Gasteiger partial charge >= 0.3 is 0 Å². The highest BCUT2D eigenvalue weighted by Gasteiger charge is 2.15. The summed E-state index contributed by atoms with van der Waals surface area (Å²) in [5, 5.41) is 0. The predicted octanol–water partition coefficient (Wildman–Crippen LogP) is 2.16. The molecule has 0 fully saturated rings. The average Bonchev–Trinajstić information content (AvgIpc) is 2.43. The van der Waals surface area contributed by atoms with E-state index in [1.54, 1.807) is 0 Å². The number of nitrogens with two attached hydrogens (primary N) is 1. The van der Waals surface area contributed by atoms with Crippen molar-refractivity contribution >= 4 is 15.7 Å². The number of nitrogens with one attached hydrogen (secondary N) is 1. The SMILES string of the molecule is Nc1cc(S(=O)(=O)NCc2ccc(F)c(F)c2)ccc1F. The molecule has 0 saturated heterocycles. The van der Waals surface area contributed by atoms with Crippen LogP contribution in [0, 0.1) is 17.5 Å². The molecular formula is C13H11F3N2O2S. The van der Waals surface area contributed by atoms with E-state index < -0.39 is 27.5 Å². The van der Waals surface area contributed by atoms with Gasteiger partial charge in [-0.3, -0.25) is 0 Å². The molecule has 8 heteroatoms. The van der Waals surface area contributed by atoms with Crippen LogP contribution in [-0.4, -0.2) is 8.42 Å². The van der Waals surface area contributed by atoms with Crippen molar-refractivity contribution in [2.45, 2.75) is 11.4 Å². The highest BCUT2D eigenvalue weighted by molar-refractivity contribution is 7.89. The number of hydrogen-bond acceptors (Lipinski definition) is 3. The van der Waals surface area contributed by atoms with Gasteiger partial charge in [0.1, 0.15) is 5.82 Å². The molecule has 0 aromatic heterocycles. The Morgan fingerprint density at radius 3 is 2.24 bits per heavy atom. The Bertz CT molecular complexity index is 779. The first kappa shape index (κ1) is 15.3. The third kappa shape index (κ3) is 3.53. The maximum Gasteiger partial charge on any atom is 0.240 e. The Hall–Kier alpha value is -2.06. The molecule has 0 spiro atoms. The predicted molar refractivity (Wildman–Crippen MR) is 71.2 cm³/mol. The molecule has 3 N–H and O–H groups in total. The molecule has 0 amide bonds. The van der Waals surface area contributed by atoms with Gasteiger partial charge in [0.05, 0.1) is 10.6 Å². The van der Waals surface area contributed by atoms with Crippen molar-refractivity contribution in [3.05, 3.63) is 59.4 Å². The summed E-state index contributed by atoms with van der Waals surface area (Å²) in [5.41, 5.74) is 5.25. The molecule has 0 aliphatic carbocycles. The third-order valence-electron chi connectivity index (χ3n) is 2.73. The van der Waals surface area contributed by atoms with Crippen LogP contribution >= 0.6 is 0 Å². The van der Waals surface area contributed by atoms with Crippen molar-refractivity contribution in [1.29, 1.82) is 0 Å². The lowest BCUT2D eigenvalue weighted by molar-refractivity contribution is 0.506. The van der Waals surface area contributed by atoms with Crippen LogP contribution in [0.5, 0.6) is 0 Å². The Kier molecular flexibility index (Phi) is 4.19. The van der Waals surface area contributed by atoms with Crippen molar-refractivity contribution in [1.82, 2.24) is 4.72 Å². The minimum Gasteiger partial charge on any atom is -0.396 e. The van der Waals surface area contributed by atoms with Crippen LogP contribution in [0.2, 0.25) is 0 Å². The van der Waals surface area contributed by atoms with Gasteiger partial charge in [0, 0.05) is 6.54 Å². The lowest BCUT2D eigenvalue weighted by atomic mass is 10.2. The number of benzene rings is 2. The van der Waals surface area contributed by atoms with E-state index in [4.69, 9.17) is 5.73 Å². The number of nitrogen functional groups attached to an aromatic ring is 1. The third-order valence-corrected chi connectivity index (χ3v) is 4.13. The lowest BCUT2D eigenvalue weighted by Crippen LogP contribution is -2.23. The molecule has 0 saturated carbocycles. The Labute approximate surface area is 119 Å². The van der Waals surface area contributed by atoms with Gasteiger partial charge in [0.2, 0.25) is 10.0 Å². The zero-order chi connectivity index (χ0) is 15.6. The van der Waals surface area contributed by atoms with Crippen molar-refractivity contribution in [2.24, 2.45) is 0 Å². The first-order valence-corrected chi connectivity index (χ1v) is 7.26. The molecule has 0 aliphatic heterocycles. The number of halogens is 3. The van der Waals surface area contributed by atoms with Gasteiger partial charge in [0.15, 0.2) is 11.6 Å². The van der Waals surface area contributed by atoms with Gasteiger partial charge < -0.3 is 5.73 Å². The summed E-state index contributed by atoms with van der Waals surface area (Å²) in [5.74, 6) is -2.82. The largest absolute Gasteiger partial charge is 0.396 e. The van der Waals surface area contributed by atoms with E-state index in [0.29, 0.717) is 0 Å². The summed E-state index contributed by atoms with van der Waals surface area (Å²) < 4.78 is 64.9. The summed E-state index contributed by atoms with van der Waals surface area (Å²) in [4.78, 5) is -0.219. The van der Waals surface area contributed by atoms with Gasteiger partial charge in [-0.15, -0.1) is 0 Å². The summed E-state index contributed by atoms with van der Waals surface area (Å²) in [6, 6.07) is 6.00. The first-order chi connectivity index (χ1) is 9.79. The molecule has 0 heterocycles. The second-order valence-electron chi connectivity index (χ2n) is 4.26. The van der Waals surface area contributed by atoms with Crippen LogP contribution < -0.4 is 10.5 Å². The quantitative estimate of drug-likeness (QED) is 0.849. The smallest absolute Gasteiger partial charge is 0.240 e. The minimum atomic E-state index is -3.93. The Morgan fingerprint density at radius 2 is 1.62 bits per heavy atom. The number of sulfonamides is 1. The van der Waals surface area contributed by atoms with Gasteiger partial charge in [-0.2, -0.15) is 0 Å². The zero-order valence-corrected chi connectivity index (χ0v) is 11.4. The highest BCUT2D eigenvalue weighted by Crippen LogP contribution is 2.17. The van der Waals surface area contributed by atoms with Crippen LogP contribution in [0.4, 0.5) is 18.9 Å². The molecule has 2 aromatic carbocycles. The van der Waals surface area contributed by atoms with E-state index in [2.05, 4.69) is 4.72 Å². The lowest BCUT2D eigenvalue weighted by Gasteiger charge is -2.08. The zero-order valence-electron chi connectivity index (χ0n) is 10.6. The van der Waals surface area contributed by atoms with Gasteiger partial charge in [0.25, 0.3) is 0 Å². The van der Waals surface area contributed by atoms with Crippen LogP contribution in [0.15, 0.2) is 41.3 Å². The normalized spacial score (nSPS) is 11.6. The van der Waals surface area contributed by atoms with Gasteiger partial charge in [-0.25, -0.2) is 26.3 Å². The maximum atomic E-state index is 13.0. The minimum absolute atomic E-state index is 0.219. The summed E-state index contributed by atoms with van der Waals surface area (Å²) in [7, 11) is -3.93. The van der Waals surface area contributed by atoms with E-state index in [0.717, 1.165) is 30.3 Å². The van der Waals surface area contributed by atoms with Crippen molar-refractivity contribution in [3.8, 4) is 0 Å². The van der Waals surface area contributed by atoms with Crippen molar-refractivity contribution in [3.63, 3.8) is 0 Å². The molecule has 4 nitrogen and oxygen atoms in total. The maximum absolute atomic E-state index is 13.0. The second-order valence-corrected chi connectivity index (χ2v) is 6.02. The molecule has 0 bridgehead atoms. The number of hydrogen-bond donors (Lipinski definition) is 2. The molecular weight excluding hydrogens is 305 g/mol. The second kappa shape index (κ2) is 5.74. The molecule has 0 radical (unpaired) electrons. The van der Waals surface area contributed by atoms with Gasteiger partial charge in [-0.1, -0.05) is 6.07 Å². The molecule has 0 unspecified atom stereocenters. The molecule has 0 aliphatic rings. The average molecular weight is 316 g/mol. The molecule has 112 valence electrons. The van der Waals surface area contributed by atoms with Gasteiger partial charge in [-0.05, 0) is 35.9 Å². The van der Waals surface area contributed by atoms with Crippen LogP contribution in [0.1, 0.15) is 5.56 Å². The van der Waals surface area contributed by atoms with Crippen LogP contribution in [0.3, 0.4) is 0 Å². The molecule has 0 atom stereocenters. The number of anilines is 1. The molecule has 2 aromatic rings. The summed E-state index contributed by atoms with van der Waals surface area (Å²) in [6.45, 7) is -0.239. The summed E-state index contributed by atoms with van der Waals surface area (Å²) >= 11 is 0. The fourth-order valence-electron chi connectivity index (χ4n) is 1.60. The standard InChI is InChI=1S/C13H11F3N2O2S/c14-10-3-1-8(5-12(10)16)7-18-21(19,20)9-2-4-11(15)13(17)6-9/h1-6,18H,7,17H2. The van der Waals surface area contributed by atoms with E-state index in [9.17, 15) is 21.6 Å². The van der Waals surface area contributed by atoms with Crippen molar-refractivity contribution in [2.75, 3.05) is 5.73 Å². The molecule has 21 heavy (non-hydrogen) atoms. The van der Waals surface area contributed by atoms with E-state index >= 15 is 0 Å². The fourth-order valence-corrected chi connectivity index (χ4v) is 2.65. The first-order valence-electron chi connectivity index (χ1n) is 5.78.